The first-order chi connectivity index (χ1) is 18.7. The number of ether oxygens (including phenoxy) is 1. The number of sulfonamides is 1. The number of unbranched alkanes of at least 4 members (excludes halogenated alkanes) is 1. The second-order valence-electron chi connectivity index (χ2n) is 8.96. The largest absolute Gasteiger partial charge is 0.497 e. The van der Waals surface area contributed by atoms with Gasteiger partial charge in [0.2, 0.25) is 11.8 Å². The number of nitrogens with zero attached hydrogens (tertiary/aromatic N) is 2. The highest BCUT2D eigenvalue weighted by molar-refractivity contribution is 7.92. The minimum Gasteiger partial charge on any atom is -0.497 e. The Bertz CT molecular complexity index is 1350. The van der Waals surface area contributed by atoms with Crippen LogP contribution in [0.5, 0.6) is 5.75 Å². The Balaban J connectivity index is 2.00. The number of hydrogen-bond donors (Lipinski definition) is 1. The lowest BCUT2D eigenvalue weighted by molar-refractivity contribution is -0.139. The van der Waals surface area contributed by atoms with Crippen molar-refractivity contribution in [1.82, 2.24) is 10.2 Å². The fourth-order valence-corrected chi connectivity index (χ4v) is 5.36. The molecule has 0 saturated heterocycles. The second kappa shape index (κ2) is 13.7. The van der Waals surface area contributed by atoms with Gasteiger partial charge in [-0.3, -0.25) is 13.9 Å². The third-order valence-electron chi connectivity index (χ3n) is 6.27. The molecule has 0 spiro atoms. The average molecular weight is 556 g/mol. The molecule has 3 aromatic rings. The number of benzene rings is 3. The molecule has 8 nitrogen and oxygen atoms in total. The Morgan fingerprint density at radius 1 is 0.974 bits per heavy atom. The van der Waals surface area contributed by atoms with Gasteiger partial charge in [-0.1, -0.05) is 49.7 Å². The van der Waals surface area contributed by atoms with Crippen LogP contribution in [-0.2, 0) is 26.2 Å². The Morgan fingerprint density at radius 2 is 1.62 bits per heavy atom. The van der Waals surface area contributed by atoms with E-state index in [9.17, 15) is 22.4 Å². The molecule has 39 heavy (non-hydrogen) atoms. The zero-order valence-corrected chi connectivity index (χ0v) is 23.2. The van der Waals surface area contributed by atoms with E-state index in [2.05, 4.69) is 5.32 Å². The Morgan fingerprint density at radius 3 is 2.23 bits per heavy atom. The molecule has 0 heterocycles. The number of amides is 2. The van der Waals surface area contributed by atoms with Crippen LogP contribution in [-0.4, -0.2) is 51.4 Å². The number of carbonyl (C=O) groups is 2. The molecule has 0 fully saturated rings. The van der Waals surface area contributed by atoms with Gasteiger partial charge in [0.1, 0.15) is 24.2 Å². The van der Waals surface area contributed by atoms with Gasteiger partial charge in [-0.25, -0.2) is 12.8 Å². The van der Waals surface area contributed by atoms with Gasteiger partial charge in [-0.2, -0.15) is 0 Å². The van der Waals surface area contributed by atoms with E-state index in [0.29, 0.717) is 12.3 Å². The topological polar surface area (TPSA) is 96.0 Å². The summed E-state index contributed by atoms with van der Waals surface area (Å²) in [6, 6.07) is 19.0. The average Bonchev–Trinajstić information content (AvgIpc) is 2.95. The molecule has 1 N–H and O–H groups in total. The Labute approximate surface area is 229 Å². The van der Waals surface area contributed by atoms with Crippen LogP contribution in [0.25, 0.3) is 0 Å². The number of rotatable bonds is 13. The van der Waals surface area contributed by atoms with Gasteiger partial charge < -0.3 is 15.0 Å². The van der Waals surface area contributed by atoms with Crippen molar-refractivity contribution in [2.75, 3.05) is 24.5 Å². The van der Waals surface area contributed by atoms with E-state index < -0.39 is 40.2 Å². The predicted molar refractivity (Wildman–Crippen MR) is 148 cm³/mol. The van der Waals surface area contributed by atoms with E-state index in [0.717, 1.165) is 17.1 Å². The number of halogens is 1. The van der Waals surface area contributed by atoms with Gasteiger partial charge in [0, 0.05) is 18.7 Å². The molecule has 3 rings (SSSR count). The highest BCUT2D eigenvalue weighted by Crippen LogP contribution is 2.26. The van der Waals surface area contributed by atoms with E-state index >= 15 is 0 Å². The van der Waals surface area contributed by atoms with E-state index in [1.807, 2.05) is 6.92 Å². The summed E-state index contributed by atoms with van der Waals surface area (Å²) < 4.78 is 48.2. The van der Waals surface area contributed by atoms with Crippen molar-refractivity contribution in [3.05, 3.63) is 90.2 Å². The van der Waals surface area contributed by atoms with Gasteiger partial charge in [0.25, 0.3) is 10.0 Å². The molecule has 0 aliphatic heterocycles. The van der Waals surface area contributed by atoms with Crippen LogP contribution in [0.3, 0.4) is 0 Å². The first-order valence-corrected chi connectivity index (χ1v) is 14.2. The maximum atomic E-state index is 14.6. The maximum Gasteiger partial charge on any atom is 0.264 e. The number of carbonyl (C=O) groups excluding carboxylic acids is 2. The van der Waals surface area contributed by atoms with Crippen molar-refractivity contribution in [3.63, 3.8) is 0 Å². The van der Waals surface area contributed by atoms with Crippen molar-refractivity contribution in [2.24, 2.45) is 0 Å². The molecule has 0 aromatic heterocycles. The lowest BCUT2D eigenvalue weighted by Gasteiger charge is -2.32. The fourth-order valence-electron chi connectivity index (χ4n) is 3.93. The summed E-state index contributed by atoms with van der Waals surface area (Å²) in [6.45, 7) is 3.15. The van der Waals surface area contributed by atoms with Crippen LogP contribution in [0.4, 0.5) is 10.1 Å². The third-order valence-corrected chi connectivity index (χ3v) is 8.05. The van der Waals surface area contributed by atoms with Crippen LogP contribution in [0, 0.1) is 5.82 Å². The monoisotopic (exact) mass is 555 g/mol. The summed E-state index contributed by atoms with van der Waals surface area (Å²) >= 11 is 0. The molecule has 0 aliphatic rings. The predicted octanol–water partition coefficient (Wildman–Crippen LogP) is 4.36. The normalized spacial score (nSPS) is 11.9. The van der Waals surface area contributed by atoms with E-state index in [1.54, 1.807) is 43.3 Å². The number of hydrogen-bond acceptors (Lipinski definition) is 5. The van der Waals surface area contributed by atoms with E-state index in [1.165, 1.54) is 54.5 Å². The van der Waals surface area contributed by atoms with Crippen molar-refractivity contribution in [3.8, 4) is 5.75 Å². The zero-order chi connectivity index (χ0) is 28.4. The summed E-state index contributed by atoms with van der Waals surface area (Å²) in [6.07, 6.45) is 1.64. The molecule has 0 radical (unpaired) electrons. The molecule has 2 amide bonds. The first-order valence-electron chi connectivity index (χ1n) is 12.7. The van der Waals surface area contributed by atoms with Crippen LogP contribution in [0.15, 0.2) is 83.8 Å². The first kappa shape index (κ1) is 29.6. The van der Waals surface area contributed by atoms with Crippen LogP contribution < -0.4 is 14.4 Å². The van der Waals surface area contributed by atoms with Crippen molar-refractivity contribution in [1.29, 1.82) is 0 Å². The van der Waals surface area contributed by atoms with E-state index in [4.69, 9.17) is 4.74 Å². The van der Waals surface area contributed by atoms with Crippen molar-refractivity contribution in [2.45, 2.75) is 44.2 Å². The molecule has 10 heteroatoms. The molecular formula is C29H34FN3O5S. The van der Waals surface area contributed by atoms with Crippen molar-refractivity contribution < 1.29 is 27.1 Å². The molecule has 0 unspecified atom stereocenters. The lowest BCUT2D eigenvalue weighted by Crippen LogP contribution is -2.51. The minimum absolute atomic E-state index is 0.000344. The fraction of sp³-hybridized carbons (Fsp3) is 0.310. The molecule has 3 aromatic carbocycles. The zero-order valence-electron chi connectivity index (χ0n) is 22.3. The molecule has 0 saturated carbocycles. The minimum atomic E-state index is -4.18. The molecule has 0 bridgehead atoms. The number of nitrogens with one attached hydrogen (secondary N) is 1. The van der Waals surface area contributed by atoms with Crippen LogP contribution in [0.1, 0.15) is 32.3 Å². The summed E-state index contributed by atoms with van der Waals surface area (Å²) in [5, 5.41) is 2.80. The molecule has 1 atom stereocenters. The second-order valence-corrected chi connectivity index (χ2v) is 10.8. The van der Waals surface area contributed by atoms with E-state index in [-0.39, 0.29) is 22.7 Å². The molecule has 208 valence electrons. The van der Waals surface area contributed by atoms with Crippen LogP contribution >= 0.6 is 0 Å². The highest BCUT2D eigenvalue weighted by Gasteiger charge is 2.32. The van der Waals surface area contributed by atoms with Gasteiger partial charge >= 0.3 is 0 Å². The maximum absolute atomic E-state index is 14.6. The lowest BCUT2D eigenvalue weighted by atomic mass is 10.1. The quantitative estimate of drug-likeness (QED) is 0.316. The smallest absolute Gasteiger partial charge is 0.264 e. The standard InChI is InChI=1S/C29H34FN3O5S/c1-4-5-19-31-29(35)22(2)32(20-23-11-9-10-14-27(23)30)28(34)21-33(24-15-17-25(38-3)18-16-24)39(36,37)26-12-7-6-8-13-26/h6-18,22H,4-5,19-21H2,1-3H3,(H,31,35)/t22-/m0/s1. The van der Waals surface area contributed by atoms with Gasteiger partial charge in [-0.15, -0.1) is 0 Å². The number of anilines is 1. The summed E-state index contributed by atoms with van der Waals surface area (Å²) in [5.41, 5.74) is 0.444. The van der Waals surface area contributed by atoms with Crippen LogP contribution in [0.2, 0.25) is 0 Å². The SMILES string of the molecule is CCCCNC(=O)[C@H](C)N(Cc1ccccc1F)C(=O)CN(c1ccc(OC)cc1)S(=O)(=O)c1ccccc1. The third kappa shape index (κ3) is 7.57. The Kier molecular flexibility index (Phi) is 10.4. The van der Waals surface area contributed by atoms with Gasteiger partial charge in [0.05, 0.1) is 17.7 Å². The molecule has 0 aliphatic carbocycles. The Hall–Kier alpha value is -3.92. The highest BCUT2D eigenvalue weighted by atomic mass is 32.2. The van der Waals surface area contributed by atoms with Gasteiger partial charge in [0.15, 0.2) is 0 Å². The van der Waals surface area contributed by atoms with Crippen molar-refractivity contribution >= 4 is 27.5 Å². The summed E-state index contributed by atoms with van der Waals surface area (Å²) in [5.74, 6) is -1.08. The summed E-state index contributed by atoms with van der Waals surface area (Å²) in [7, 11) is -2.69. The number of methoxy groups -OCH3 is 1. The van der Waals surface area contributed by atoms with Gasteiger partial charge in [-0.05, 0) is 55.8 Å². The molecular weight excluding hydrogens is 521 g/mol. The summed E-state index contributed by atoms with van der Waals surface area (Å²) in [4.78, 5) is 28.0.